The second kappa shape index (κ2) is 5.65. The Bertz CT molecular complexity index is 362. The maximum Gasteiger partial charge on any atom is 0.0208 e. The summed E-state index contributed by atoms with van der Waals surface area (Å²) in [6, 6.07) is 6.97. The molecule has 2 nitrogen and oxygen atoms in total. The monoisotopic (exact) mass is 234 g/mol. The Hall–Kier alpha value is -0.860. The standard InChI is InChI=1S/C15H26N2/c1-11-8-14(15(3,4)5)7-6-13(11)10-17-9-12(2)16/h6-8,12,17H,9-10,16H2,1-5H3. The van der Waals surface area contributed by atoms with Gasteiger partial charge in [0.05, 0.1) is 0 Å². The van der Waals surface area contributed by atoms with Gasteiger partial charge in [-0.1, -0.05) is 39.0 Å². The van der Waals surface area contributed by atoms with Crippen molar-refractivity contribution >= 4 is 0 Å². The molecule has 0 amide bonds. The third-order valence-electron chi connectivity index (χ3n) is 2.99. The molecule has 0 spiro atoms. The molecule has 1 unspecified atom stereocenters. The summed E-state index contributed by atoms with van der Waals surface area (Å²) >= 11 is 0. The molecule has 0 bridgehead atoms. The molecule has 1 rings (SSSR count). The smallest absolute Gasteiger partial charge is 0.0208 e. The van der Waals surface area contributed by atoms with E-state index in [1.54, 1.807) is 0 Å². The lowest BCUT2D eigenvalue weighted by molar-refractivity contribution is 0.587. The van der Waals surface area contributed by atoms with E-state index in [2.05, 4.69) is 51.2 Å². The average molecular weight is 234 g/mol. The van der Waals surface area contributed by atoms with E-state index in [0.717, 1.165) is 13.1 Å². The van der Waals surface area contributed by atoms with E-state index in [1.807, 2.05) is 6.92 Å². The minimum atomic E-state index is 0.212. The van der Waals surface area contributed by atoms with Gasteiger partial charge >= 0.3 is 0 Å². The first-order valence-corrected chi connectivity index (χ1v) is 6.37. The summed E-state index contributed by atoms with van der Waals surface area (Å²) in [5.41, 5.74) is 10.0. The number of aryl methyl sites for hydroxylation is 1. The Morgan fingerprint density at radius 1 is 1.29 bits per heavy atom. The molecule has 1 aromatic rings. The van der Waals surface area contributed by atoms with Crippen LogP contribution >= 0.6 is 0 Å². The molecule has 96 valence electrons. The van der Waals surface area contributed by atoms with E-state index < -0.39 is 0 Å². The van der Waals surface area contributed by atoms with Gasteiger partial charge in [0.2, 0.25) is 0 Å². The minimum Gasteiger partial charge on any atom is -0.327 e. The van der Waals surface area contributed by atoms with Crippen molar-refractivity contribution in [3.8, 4) is 0 Å². The van der Waals surface area contributed by atoms with Crippen LogP contribution in [0.5, 0.6) is 0 Å². The second-order valence-corrected chi connectivity index (χ2v) is 6.00. The van der Waals surface area contributed by atoms with Crippen molar-refractivity contribution in [2.45, 2.75) is 52.6 Å². The maximum atomic E-state index is 5.71. The van der Waals surface area contributed by atoms with Crippen LogP contribution in [0, 0.1) is 6.92 Å². The fraction of sp³-hybridized carbons (Fsp3) is 0.600. The summed E-state index contributed by atoms with van der Waals surface area (Å²) < 4.78 is 0. The van der Waals surface area contributed by atoms with Crippen molar-refractivity contribution in [1.29, 1.82) is 0 Å². The van der Waals surface area contributed by atoms with Crippen molar-refractivity contribution in [3.63, 3.8) is 0 Å². The van der Waals surface area contributed by atoms with Gasteiger partial charge in [0.15, 0.2) is 0 Å². The molecule has 3 N–H and O–H groups in total. The normalized spacial score (nSPS) is 13.8. The molecule has 0 aliphatic heterocycles. The van der Waals surface area contributed by atoms with Crippen molar-refractivity contribution in [1.82, 2.24) is 5.32 Å². The van der Waals surface area contributed by atoms with E-state index in [9.17, 15) is 0 Å². The molecule has 1 aromatic carbocycles. The van der Waals surface area contributed by atoms with Gasteiger partial charge in [0.1, 0.15) is 0 Å². The highest BCUT2D eigenvalue weighted by molar-refractivity contribution is 5.34. The van der Waals surface area contributed by atoms with Crippen LogP contribution in [0.1, 0.15) is 44.4 Å². The predicted molar refractivity (Wildman–Crippen MR) is 75.2 cm³/mol. The highest BCUT2D eigenvalue weighted by atomic mass is 14.9. The molecule has 0 aliphatic carbocycles. The maximum absolute atomic E-state index is 5.71. The summed E-state index contributed by atoms with van der Waals surface area (Å²) in [5.74, 6) is 0. The lowest BCUT2D eigenvalue weighted by Gasteiger charge is -2.20. The summed E-state index contributed by atoms with van der Waals surface area (Å²) in [4.78, 5) is 0. The van der Waals surface area contributed by atoms with Crippen LogP contribution < -0.4 is 11.1 Å². The van der Waals surface area contributed by atoms with E-state index in [4.69, 9.17) is 5.73 Å². The Morgan fingerprint density at radius 3 is 2.41 bits per heavy atom. The Morgan fingerprint density at radius 2 is 1.94 bits per heavy atom. The van der Waals surface area contributed by atoms with E-state index in [-0.39, 0.29) is 11.5 Å². The molecule has 0 radical (unpaired) electrons. The van der Waals surface area contributed by atoms with Gasteiger partial charge in [-0.2, -0.15) is 0 Å². The van der Waals surface area contributed by atoms with Gasteiger partial charge in [-0.3, -0.25) is 0 Å². The zero-order chi connectivity index (χ0) is 13.1. The molecule has 0 saturated carbocycles. The topological polar surface area (TPSA) is 38.0 Å². The van der Waals surface area contributed by atoms with Crippen molar-refractivity contribution in [2.75, 3.05) is 6.54 Å². The number of hydrogen-bond acceptors (Lipinski definition) is 2. The van der Waals surface area contributed by atoms with Gasteiger partial charge in [0.25, 0.3) is 0 Å². The summed E-state index contributed by atoms with van der Waals surface area (Å²) in [6.07, 6.45) is 0. The highest BCUT2D eigenvalue weighted by Crippen LogP contribution is 2.24. The van der Waals surface area contributed by atoms with Crippen LogP contribution in [-0.4, -0.2) is 12.6 Å². The molecule has 0 saturated heterocycles. The van der Waals surface area contributed by atoms with Gasteiger partial charge in [-0.05, 0) is 36.0 Å². The van der Waals surface area contributed by atoms with Gasteiger partial charge in [-0.25, -0.2) is 0 Å². The van der Waals surface area contributed by atoms with E-state index in [0.29, 0.717) is 0 Å². The lowest BCUT2D eigenvalue weighted by atomic mass is 9.85. The zero-order valence-corrected chi connectivity index (χ0v) is 11.8. The van der Waals surface area contributed by atoms with Crippen LogP contribution in [0.15, 0.2) is 18.2 Å². The first kappa shape index (κ1) is 14.2. The number of rotatable bonds is 4. The molecule has 0 fully saturated rings. The lowest BCUT2D eigenvalue weighted by Crippen LogP contribution is -2.30. The minimum absolute atomic E-state index is 0.212. The first-order valence-electron chi connectivity index (χ1n) is 6.37. The molecule has 2 heteroatoms. The number of hydrogen-bond donors (Lipinski definition) is 2. The van der Waals surface area contributed by atoms with Crippen molar-refractivity contribution in [2.24, 2.45) is 5.73 Å². The quantitative estimate of drug-likeness (QED) is 0.840. The van der Waals surface area contributed by atoms with Crippen molar-refractivity contribution < 1.29 is 0 Å². The molecule has 0 heterocycles. The van der Waals surface area contributed by atoms with Crippen molar-refractivity contribution in [3.05, 3.63) is 34.9 Å². The van der Waals surface area contributed by atoms with Crippen LogP contribution in [-0.2, 0) is 12.0 Å². The van der Waals surface area contributed by atoms with E-state index >= 15 is 0 Å². The molecule has 0 aromatic heterocycles. The van der Waals surface area contributed by atoms with Gasteiger partial charge in [0, 0.05) is 19.1 Å². The van der Waals surface area contributed by atoms with Gasteiger partial charge in [-0.15, -0.1) is 0 Å². The Kier molecular flexibility index (Phi) is 4.72. The summed E-state index contributed by atoms with van der Waals surface area (Å²) in [5, 5.41) is 3.38. The van der Waals surface area contributed by atoms with E-state index in [1.165, 1.54) is 16.7 Å². The zero-order valence-electron chi connectivity index (χ0n) is 11.8. The summed E-state index contributed by atoms with van der Waals surface area (Å²) in [7, 11) is 0. The molecular formula is C15H26N2. The summed E-state index contributed by atoms with van der Waals surface area (Å²) in [6.45, 7) is 12.7. The number of benzene rings is 1. The molecule has 17 heavy (non-hydrogen) atoms. The molecule has 1 atom stereocenters. The fourth-order valence-electron chi connectivity index (χ4n) is 1.80. The molecule has 0 aliphatic rings. The van der Waals surface area contributed by atoms with Crippen LogP contribution in [0.3, 0.4) is 0 Å². The number of nitrogens with two attached hydrogens (primary N) is 1. The Balaban J connectivity index is 2.70. The SMILES string of the molecule is Cc1cc(C(C)(C)C)ccc1CNCC(C)N. The second-order valence-electron chi connectivity index (χ2n) is 6.00. The Labute approximate surface area is 106 Å². The van der Waals surface area contributed by atoms with Crippen LogP contribution in [0.4, 0.5) is 0 Å². The van der Waals surface area contributed by atoms with Gasteiger partial charge < -0.3 is 11.1 Å². The number of nitrogens with one attached hydrogen (secondary N) is 1. The third-order valence-corrected chi connectivity index (χ3v) is 2.99. The largest absolute Gasteiger partial charge is 0.327 e. The fourth-order valence-corrected chi connectivity index (χ4v) is 1.80. The highest BCUT2D eigenvalue weighted by Gasteiger charge is 2.14. The average Bonchev–Trinajstić information content (AvgIpc) is 2.18. The van der Waals surface area contributed by atoms with Crippen LogP contribution in [0.2, 0.25) is 0 Å². The molecular weight excluding hydrogens is 208 g/mol. The third kappa shape index (κ3) is 4.49. The predicted octanol–water partition coefficient (Wildman–Crippen LogP) is 2.73. The van der Waals surface area contributed by atoms with Crippen LogP contribution in [0.25, 0.3) is 0 Å². The first-order chi connectivity index (χ1) is 7.80.